The number of rotatable bonds is 5. The predicted molar refractivity (Wildman–Crippen MR) is 71.9 cm³/mol. The average Bonchev–Trinajstić information content (AvgIpc) is 2.21. The summed E-state index contributed by atoms with van der Waals surface area (Å²) in [6.07, 6.45) is 2.39. The smallest absolute Gasteiger partial charge is 0.00467 e. The van der Waals surface area contributed by atoms with Gasteiger partial charge in [-0.05, 0) is 62.4 Å². The summed E-state index contributed by atoms with van der Waals surface area (Å²) in [5.74, 6) is 0. The van der Waals surface area contributed by atoms with E-state index in [0.29, 0.717) is 5.41 Å². The number of aryl methyl sites for hydroxylation is 2. The van der Waals surface area contributed by atoms with Crippen LogP contribution in [0.4, 0.5) is 0 Å². The number of nitrogens with one attached hydrogen (secondary N) is 1. The molecule has 0 aromatic heterocycles. The molecule has 0 unspecified atom stereocenters. The van der Waals surface area contributed by atoms with E-state index in [4.69, 9.17) is 0 Å². The normalized spacial score (nSPS) is 11.8. The van der Waals surface area contributed by atoms with Crippen LogP contribution in [0, 0.1) is 19.3 Å². The van der Waals surface area contributed by atoms with Gasteiger partial charge in [0.1, 0.15) is 0 Å². The van der Waals surface area contributed by atoms with Crippen molar-refractivity contribution in [2.45, 2.75) is 40.5 Å². The zero-order valence-corrected chi connectivity index (χ0v) is 11.4. The summed E-state index contributed by atoms with van der Waals surface area (Å²) in [6, 6.07) is 6.59. The van der Waals surface area contributed by atoms with Gasteiger partial charge in [0, 0.05) is 0 Å². The highest BCUT2D eigenvalue weighted by molar-refractivity contribution is 5.34. The first-order valence-corrected chi connectivity index (χ1v) is 6.16. The Balaban J connectivity index is 2.79. The molecule has 0 aliphatic heterocycles. The van der Waals surface area contributed by atoms with Gasteiger partial charge in [0.15, 0.2) is 0 Å². The molecule has 90 valence electrons. The van der Waals surface area contributed by atoms with Crippen LogP contribution in [0.25, 0.3) is 0 Å². The van der Waals surface area contributed by atoms with Crippen molar-refractivity contribution in [3.8, 4) is 0 Å². The van der Waals surface area contributed by atoms with E-state index >= 15 is 0 Å². The van der Waals surface area contributed by atoms with Crippen LogP contribution in [-0.2, 0) is 6.42 Å². The molecule has 0 spiro atoms. The molecule has 0 saturated heterocycles. The second-order valence-corrected chi connectivity index (χ2v) is 5.56. The van der Waals surface area contributed by atoms with E-state index in [2.05, 4.69) is 51.2 Å². The molecule has 1 aromatic rings. The van der Waals surface area contributed by atoms with Crippen LogP contribution in [-0.4, -0.2) is 13.6 Å². The molecule has 0 atom stereocenters. The van der Waals surface area contributed by atoms with Gasteiger partial charge in [-0.2, -0.15) is 0 Å². The standard InChI is InChI=1S/C15H25N/c1-12-7-6-8-13(2)14(12)11-15(3,4)9-10-16-5/h6-8,16H,9-11H2,1-5H3. The van der Waals surface area contributed by atoms with Gasteiger partial charge in [0.2, 0.25) is 0 Å². The first-order chi connectivity index (χ1) is 7.46. The lowest BCUT2D eigenvalue weighted by Crippen LogP contribution is -2.22. The SMILES string of the molecule is CNCCC(C)(C)Cc1c(C)cccc1C. The zero-order valence-electron chi connectivity index (χ0n) is 11.4. The van der Waals surface area contributed by atoms with Gasteiger partial charge in [-0.25, -0.2) is 0 Å². The molecule has 0 amide bonds. The summed E-state index contributed by atoms with van der Waals surface area (Å²) < 4.78 is 0. The van der Waals surface area contributed by atoms with Gasteiger partial charge in [-0.1, -0.05) is 32.0 Å². The molecule has 1 rings (SSSR count). The van der Waals surface area contributed by atoms with E-state index in [0.717, 1.165) is 6.54 Å². The number of hydrogen-bond acceptors (Lipinski definition) is 1. The van der Waals surface area contributed by atoms with Gasteiger partial charge < -0.3 is 5.32 Å². The van der Waals surface area contributed by atoms with Crippen LogP contribution in [0.15, 0.2) is 18.2 Å². The first kappa shape index (κ1) is 13.2. The molecule has 0 radical (unpaired) electrons. The van der Waals surface area contributed by atoms with Crippen molar-refractivity contribution >= 4 is 0 Å². The zero-order chi connectivity index (χ0) is 12.2. The molecule has 0 heterocycles. The fourth-order valence-corrected chi connectivity index (χ4v) is 2.16. The van der Waals surface area contributed by atoms with Crippen LogP contribution in [0.3, 0.4) is 0 Å². The molecular weight excluding hydrogens is 194 g/mol. The van der Waals surface area contributed by atoms with E-state index in [1.165, 1.54) is 29.5 Å². The Morgan fingerprint density at radius 1 is 1.12 bits per heavy atom. The molecule has 1 nitrogen and oxygen atoms in total. The van der Waals surface area contributed by atoms with Crippen molar-refractivity contribution in [1.29, 1.82) is 0 Å². The Morgan fingerprint density at radius 2 is 1.69 bits per heavy atom. The van der Waals surface area contributed by atoms with Crippen molar-refractivity contribution in [2.24, 2.45) is 5.41 Å². The third kappa shape index (κ3) is 3.64. The average molecular weight is 219 g/mol. The lowest BCUT2D eigenvalue weighted by molar-refractivity contribution is 0.328. The van der Waals surface area contributed by atoms with Crippen molar-refractivity contribution in [1.82, 2.24) is 5.32 Å². The quantitative estimate of drug-likeness (QED) is 0.799. The third-order valence-corrected chi connectivity index (χ3v) is 3.35. The number of hydrogen-bond donors (Lipinski definition) is 1. The second-order valence-electron chi connectivity index (χ2n) is 5.56. The molecule has 0 aliphatic rings. The Hall–Kier alpha value is -0.820. The van der Waals surface area contributed by atoms with E-state index in [1.54, 1.807) is 0 Å². The Labute approximate surface area is 100 Å². The predicted octanol–water partition coefficient (Wildman–Crippen LogP) is 3.48. The van der Waals surface area contributed by atoms with Gasteiger partial charge in [0.05, 0.1) is 0 Å². The molecule has 0 saturated carbocycles. The minimum Gasteiger partial charge on any atom is -0.320 e. The van der Waals surface area contributed by atoms with E-state index in [-0.39, 0.29) is 0 Å². The summed E-state index contributed by atoms with van der Waals surface area (Å²) in [6.45, 7) is 10.2. The van der Waals surface area contributed by atoms with E-state index < -0.39 is 0 Å². The number of benzene rings is 1. The third-order valence-electron chi connectivity index (χ3n) is 3.35. The molecule has 1 N–H and O–H groups in total. The minimum atomic E-state index is 0.375. The summed E-state index contributed by atoms with van der Waals surface area (Å²) in [5, 5.41) is 3.24. The van der Waals surface area contributed by atoms with Gasteiger partial charge in [-0.3, -0.25) is 0 Å². The van der Waals surface area contributed by atoms with Crippen molar-refractivity contribution in [2.75, 3.05) is 13.6 Å². The van der Waals surface area contributed by atoms with E-state index in [9.17, 15) is 0 Å². The largest absolute Gasteiger partial charge is 0.320 e. The van der Waals surface area contributed by atoms with Gasteiger partial charge >= 0.3 is 0 Å². The van der Waals surface area contributed by atoms with Crippen molar-refractivity contribution in [3.63, 3.8) is 0 Å². The molecular formula is C15H25N. The van der Waals surface area contributed by atoms with Gasteiger partial charge in [0.25, 0.3) is 0 Å². The topological polar surface area (TPSA) is 12.0 Å². The highest BCUT2D eigenvalue weighted by atomic mass is 14.8. The summed E-state index contributed by atoms with van der Waals surface area (Å²) >= 11 is 0. The maximum Gasteiger partial charge on any atom is -0.00467 e. The Morgan fingerprint density at radius 3 is 2.19 bits per heavy atom. The molecule has 16 heavy (non-hydrogen) atoms. The summed E-state index contributed by atoms with van der Waals surface area (Å²) in [7, 11) is 2.02. The van der Waals surface area contributed by atoms with Gasteiger partial charge in [-0.15, -0.1) is 0 Å². The molecule has 1 aromatic carbocycles. The lowest BCUT2D eigenvalue weighted by Gasteiger charge is -2.26. The molecule has 0 fully saturated rings. The van der Waals surface area contributed by atoms with Crippen LogP contribution in [0.2, 0.25) is 0 Å². The monoisotopic (exact) mass is 219 g/mol. The van der Waals surface area contributed by atoms with Crippen LogP contribution in [0.1, 0.15) is 37.0 Å². The fraction of sp³-hybridized carbons (Fsp3) is 0.600. The first-order valence-electron chi connectivity index (χ1n) is 6.16. The maximum atomic E-state index is 3.24. The molecule has 0 aliphatic carbocycles. The summed E-state index contributed by atoms with van der Waals surface area (Å²) in [5.41, 5.74) is 4.76. The summed E-state index contributed by atoms with van der Waals surface area (Å²) in [4.78, 5) is 0. The Kier molecular flexibility index (Phi) is 4.55. The Bertz CT molecular complexity index is 319. The van der Waals surface area contributed by atoms with Crippen molar-refractivity contribution < 1.29 is 0 Å². The minimum absolute atomic E-state index is 0.375. The van der Waals surface area contributed by atoms with E-state index in [1.807, 2.05) is 7.05 Å². The lowest BCUT2D eigenvalue weighted by atomic mass is 9.80. The molecule has 0 bridgehead atoms. The van der Waals surface area contributed by atoms with Crippen LogP contribution < -0.4 is 5.32 Å². The van der Waals surface area contributed by atoms with Crippen molar-refractivity contribution in [3.05, 3.63) is 34.9 Å². The highest BCUT2D eigenvalue weighted by Crippen LogP contribution is 2.28. The van der Waals surface area contributed by atoms with Crippen LogP contribution >= 0.6 is 0 Å². The fourth-order valence-electron chi connectivity index (χ4n) is 2.16. The second kappa shape index (κ2) is 5.49. The highest BCUT2D eigenvalue weighted by Gasteiger charge is 2.19. The van der Waals surface area contributed by atoms with Crippen LogP contribution in [0.5, 0.6) is 0 Å². The molecule has 1 heteroatoms. The maximum absolute atomic E-state index is 3.24.